The average molecular weight is 339 g/mol. The molecular weight excluding hydrogens is 318 g/mol. The zero-order chi connectivity index (χ0) is 17.4. The second kappa shape index (κ2) is 6.48. The Kier molecular flexibility index (Phi) is 4.54. The van der Waals surface area contributed by atoms with Crippen molar-refractivity contribution in [3.63, 3.8) is 0 Å². The Bertz CT molecular complexity index is 788. The summed E-state index contributed by atoms with van der Waals surface area (Å²) in [4.78, 5) is 20.4. The topological polar surface area (TPSA) is 149 Å². The largest absolute Gasteiger partial charge is 0.394 e. The van der Waals surface area contributed by atoms with Crippen LogP contribution in [0.1, 0.15) is 26.0 Å². The van der Waals surface area contributed by atoms with Crippen molar-refractivity contribution in [2.45, 2.75) is 50.8 Å². The van der Waals surface area contributed by atoms with E-state index in [0.29, 0.717) is 12.1 Å². The van der Waals surface area contributed by atoms with E-state index in [1.165, 1.54) is 15.5 Å². The van der Waals surface area contributed by atoms with E-state index in [1.54, 1.807) is 0 Å². The quantitative estimate of drug-likeness (QED) is 0.519. The zero-order valence-corrected chi connectivity index (χ0v) is 13.2. The minimum Gasteiger partial charge on any atom is -0.394 e. The molecule has 0 aromatic carbocycles. The van der Waals surface area contributed by atoms with E-state index >= 15 is 0 Å². The number of nitrogen functional groups attached to an aromatic ring is 1. The number of nitrogens with two attached hydrogens (primary N) is 1. The fourth-order valence-corrected chi connectivity index (χ4v) is 2.86. The van der Waals surface area contributed by atoms with Crippen LogP contribution in [0.5, 0.6) is 0 Å². The van der Waals surface area contributed by atoms with Crippen molar-refractivity contribution in [3.05, 3.63) is 16.8 Å². The molecule has 10 nitrogen and oxygen atoms in total. The highest BCUT2D eigenvalue weighted by Crippen LogP contribution is 2.31. The van der Waals surface area contributed by atoms with Gasteiger partial charge in [0.15, 0.2) is 11.9 Å². The summed E-state index contributed by atoms with van der Waals surface area (Å²) < 4.78 is 8.16. The molecule has 132 valence electrons. The van der Waals surface area contributed by atoms with E-state index in [0.717, 1.165) is 12.8 Å². The minimum atomic E-state index is -1.29. The molecule has 0 bridgehead atoms. The predicted octanol–water partition coefficient (Wildman–Crippen LogP) is -1.41. The van der Waals surface area contributed by atoms with E-state index in [1.807, 2.05) is 6.92 Å². The van der Waals surface area contributed by atoms with Gasteiger partial charge in [0, 0.05) is 6.54 Å². The van der Waals surface area contributed by atoms with Crippen LogP contribution < -0.4 is 11.4 Å². The number of aromatic nitrogens is 4. The van der Waals surface area contributed by atoms with Gasteiger partial charge in [-0.2, -0.15) is 4.98 Å². The number of aliphatic hydroxyl groups excluding tert-OH is 3. The Morgan fingerprint density at radius 2 is 2.12 bits per heavy atom. The molecule has 24 heavy (non-hydrogen) atoms. The number of fused-ring (bicyclic) bond motifs is 1. The van der Waals surface area contributed by atoms with Crippen LogP contribution in [0.15, 0.2) is 11.1 Å². The molecule has 0 amide bonds. The lowest BCUT2D eigenvalue weighted by Gasteiger charge is -2.16. The second-order valence-electron chi connectivity index (χ2n) is 5.84. The third kappa shape index (κ3) is 2.57. The molecule has 5 N–H and O–H groups in total. The lowest BCUT2D eigenvalue weighted by molar-refractivity contribution is -0.0511. The number of imidazole rings is 1. The van der Waals surface area contributed by atoms with Gasteiger partial charge in [-0.15, -0.1) is 0 Å². The summed E-state index contributed by atoms with van der Waals surface area (Å²) >= 11 is 0. The summed E-state index contributed by atoms with van der Waals surface area (Å²) in [5, 5.41) is 29.2. The molecule has 0 radical (unpaired) electrons. The molecule has 1 unspecified atom stereocenters. The molecule has 1 aliphatic rings. The van der Waals surface area contributed by atoms with Gasteiger partial charge < -0.3 is 25.8 Å². The number of hydrogen-bond acceptors (Lipinski definition) is 8. The number of unbranched alkanes of at least 4 members (excludes halogenated alkanes) is 1. The van der Waals surface area contributed by atoms with Gasteiger partial charge in [0.05, 0.1) is 12.9 Å². The standard InChI is InChI=1S/C14H21N5O5/c1-2-3-4-18-11(15)8-12(17-14(18)23)19(6-16-8)13-10(22)9(21)7(5-20)24-13/h6-7,9-10,13,20-22H,2-5,15H2,1H3/t7-,9-,10-,13?/m1/s1. The number of ether oxygens (including phenoxy) is 1. The van der Waals surface area contributed by atoms with Gasteiger partial charge in [0.2, 0.25) is 0 Å². The molecule has 2 aromatic rings. The van der Waals surface area contributed by atoms with Gasteiger partial charge in [0.1, 0.15) is 29.6 Å². The fraction of sp³-hybridized carbons (Fsp3) is 0.643. The SMILES string of the molecule is CCCCn1c(N)c2ncn(C3O[C@H](CO)[C@@H](O)[C@H]3O)c2nc1=O. The number of anilines is 1. The molecule has 1 aliphatic heterocycles. The summed E-state index contributed by atoms with van der Waals surface area (Å²) in [6, 6.07) is 0. The van der Waals surface area contributed by atoms with Crippen molar-refractivity contribution in [2.24, 2.45) is 0 Å². The Morgan fingerprint density at radius 3 is 2.75 bits per heavy atom. The maximum Gasteiger partial charge on any atom is 0.351 e. The van der Waals surface area contributed by atoms with Crippen molar-refractivity contribution in [1.29, 1.82) is 0 Å². The van der Waals surface area contributed by atoms with E-state index < -0.39 is 36.8 Å². The third-order valence-corrected chi connectivity index (χ3v) is 4.26. The molecule has 10 heteroatoms. The molecular formula is C14H21N5O5. The van der Waals surface area contributed by atoms with Crippen molar-refractivity contribution < 1.29 is 20.1 Å². The molecule has 1 saturated heterocycles. The molecule has 3 rings (SSSR count). The van der Waals surface area contributed by atoms with Gasteiger partial charge in [-0.25, -0.2) is 9.78 Å². The minimum absolute atomic E-state index is 0.167. The maximum absolute atomic E-state index is 12.2. The highest BCUT2D eigenvalue weighted by atomic mass is 16.6. The lowest BCUT2D eigenvalue weighted by atomic mass is 10.1. The van der Waals surface area contributed by atoms with Gasteiger partial charge >= 0.3 is 5.69 Å². The monoisotopic (exact) mass is 339 g/mol. The van der Waals surface area contributed by atoms with Crippen LogP contribution in [0.3, 0.4) is 0 Å². The molecule has 1 fully saturated rings. The predicted molar refractivity (Wildman–Crippen MR) is 84.1 cm³/mol. The number of nitrogens with zero attached hydrogens (tertiary/aromatic N) is 4. The average Bonchev–Trinajstić information content (AvgIpc) is 3.09. The second-order valence-corrected chi connectivity index (χ2v) is 5.84. The summed E-state index contributed by atoms with van der Waals surface area (Å²) in [6.45, 7) is 2.01. The van der Waals surface area contributed by atoms with Gasteiger partial charge in [-0.05, 0) is 6.42 Å². The van der Waals surface area contributed by atoms with Crippen LogP contribution in [0, 0.1) is 0 Å². The third-order valence-electron chi connectivity index (χ3n) is 4.26. The van der Waals surface area contributed by atoms with Crippen molar-refractivity contribution in [1.82, 2.24) is 19.1 Å². The highest BCUT2D eigenvalue weighted by Gasteiger charge is 2.44. The molecule has 0 saturated carbocycles. The maximum atomic E-state index is 12.2. The van der Waals surface area contributed by atoms with Crippen LogP contribution in [0.4, 0.5) is 5.82 Å². The first-order chi connectivity index (χ1) is 11.5. The summed E-state index contributed by atoms with van der Waals surface area (Å²) in [6.07, 6.45) is -1.44. The fourth-order valence-electron chi connectivity index (χ4n) is 2.86. The molecule has 3 heterocycles. The van der Waals surface area contributed by atoms with Gasteiger partial charge in [0.25, 0.3) is 0 Å². The normalized spacial score (nSPS) is 27.2. The first-order valence-electron chi connectivity index (χ1n) is 7.84. The Morgan fingerprint density at radius 1 is 1.38 bits per heavy atom. The number of hydrogen-bond donors (Lipinski definition) is 4. The smallest absolute Gasteiger partial charge is 0.351 e. The molecule has 0 spiro atoms. The number of rotatable bonds is 5. The summed E-state index contributed by atoms with van der Waals surface area (Å²) in [7, 11) is 0. The Hall–Kier alpha value is -2.01. The summed E-state index contributed by atoms with van der Waals surface area (Å²) in [5.41, 5.74) is 6.02. The van der Waals surface area contributed by atoms with Crippen molar-refractivity contribution >= 4 is 17.0 Å². The van der Waals surface area contributed by atoms with E-state index in [9.17, 15) is 20.1 Å². The van der Waals surface area contributed by atoms with Crippen molar-refractivity contribution in [3.8, 4) is 0 Å². The highest BCUT2D eigenvalue weighted by molar-refractivity contribution is 5.81. The van der Waals surface area contributed by atoms with Crippen LogP contribution >= 0.6 is 0 Å². The van der Waals surface area contributed by atoms with E-state index in [2.05, 4.69) is 9.97 Å². The first-order valence-corrected chi connectivity index (χ1v) is 7.84. The van der Waals surface area contributed by atoms with Crippen molar-refractivity contribution in [2.75, 3.05) is 12.3 Å². The van der Waals surface area contributed by atoms with E-state index in [-0.39, 0.29) is 11.5 Å². The van der Waals surface area contributed by atoms with Gasteiger partial charge in [-0.1, -0.05) is 13.3 Å². The van der Waals surface area contributed by atoms with Crippen LogP contribution in [-0.2, 0) is 11.3 Å². The summed E-state index contributed by atoms with van der Waals surface area (Å²) in [5.74, 6) is 0.198. The molecule has 0 aliphatic carbocycles. The first kappa shape index (κ1) is 16.8. The van der Waals surface area contributed by atoms with Crippen LogP contribution in [0.25, 0.3) is 11.2 Å². The van der Waals surface area contributed by atoms with E-state index in [4.69, 9.17) is 10.5 Å². The Labute approximate surface area is 137 Å². The Balaban J connectivity index is 2.04. The lowest BCUT2D eigenvalue weighted by Crippen LogP contribution is -2.33. The van der Waals surface area contributed by atoms with Gasteiger partial charge in [-0.3, -0.25) is 9.13 Å². The molecule has 4 atom stereocenters. The van der Waals surface area contributed by atoms with Crippen LogP contribution in [0.2, 0.25) is 0 Å². The zero-order valence-electron chi connectivity index (χ0n) is 13.2. The van der Waals surface area contributed by atoms with Crippen LogP contribution in [-0.4, -0.2) is 59.3 Å². The number of aliphatic hydroxyl groups is 3. The molecule has 2 aromatic heterocycles.